The van der Waals surface area contributed by atoms with Crippen molar-refractivity contribution in [1.82, 2.24) is 10.2 Å². The lowest BCUT2D eigenvalue weighted by Crippen LogP contribution is -2.54. The third kappa shape index (κ3) is 6.29. The van der Waals surface area contributed by atoms with Gasteiger partial charge in [-0.2, -0.15) is 0 Å². The van der Waals surface area contributed by atoms with Crippen LogP contribution in [0.1, 0.15) is 27.2 Å². The van der Waals surface area contributed by atoms with Crippen molar-refractivity contribution >= 4 is 18.0 Å². The number of carbonyl (C=O) groups excluding carboxylic acids is 2. The summed E-state index contributed by atoms with van der Waals surface area (Å²) in [5.74, 6) is -1.77. The van der Waals surface area contributed by atoms with Gasteiger partial charge in [-0.1, -0.05) is 19.9 Å². The molecule has 7 nitrogen and oxygen atoms in total. The summed E-state index contributed by atoms with van der Waals surface area (Å²) in [5.41, 5.74) is 0. The predicted octanol–water partition coefficient (Wildman–Crippen LogP) is 1.24. The highest BCUT2D eigenvalue weighted by Gasteiger charge is 2.32. The summed E-state index contributed by atoms with van der Waals surface area (Å²) in [6.45, 7) is 8.41. The molecule has 0 fully saturated rings. The second kappa shape index (κ2) is 8.99. The maximum absolute atomic E-state index is 12.5. The molecule has 0 radical (unpaired) electrons. The van der Waals surface area contributed by atoms with Crippen molar-refractivity contribution in [2.24, 2.45) is 5.92 Å². The first-order chi connectivity index (χ1) is 9.74. The van der Waals surface area contributed by atoms with Crippen molar-refractivity contribution in [1.29, 1.82) is 0 Å². The number of nitrogens with zero attached hydrogens (tertiary/aromatic N) is 1. The topological polar surface area (TPSA) is 95.9 Å². The number of carboxylic acid groups (broad SMARTS) is 1. The van der Waals surface area contributed by atoms with Gasteiger partial charge in [0.25, 0.3) is 0 Å². The molecule has 2 atom stereocenters. The number of hydrogen-bond donors (Lipinski definition) is 2. The second-order valence-corrected chi connectivity index (χ2v) is 5.09. The van der Waals surface area contributed by atoms with Crippen LogP contribution >= 0.6 is 0 Å². The van der Waals surface area contributed by atoms with Gasteiger partial charge in [-0.05, 0) is 19.3 Å². The van der Waals surface area contributed by atoms with Crippen LogP contribution in [0.15, 0.2) is 12.7 Å². The monoisotopic (exact) mass is 300 g/mol. The summed E-state index contributed by atoms with van der Waals surface area (Å²) in [5, 5.41) is 11.4. The highest BCUT2D eigenvalue weighted by atomic mass is 16.5. The van der Waals surface area contributed by atoms with Crippen LogP contribution in [-0.4, -0.2) is 53.7 Å². The number of nitrogens with one attached hydrogen (secondary N) is 1. The Balaban J connectivity index is 5.22. The Hall–Kier alpha value is -2.05. The number of methoxy groups -OCH3 is 1. The number of amides is 2. The molecule has 0 saturated heterocycles. The average Bonchev–Trinajstić information content (AvgIpc) is 2.40. The SMILES string of the molecule is C=CCC(C)N(CC(=O)O)C(=O)C(NC(=O)OC)C(C)C. The number of rotatable bonds is 8. The third-order valence-corrected chi connectivity index (χ3v) is 3.02. The minimum absolute atomic E-state index is 0.205. The molecule has 0 aromatic carbocycles. The molecule has 0 rings (SSSR count). The molecule has 0 bridgehead atoms. The Morgan fingerprint density at radius 2 is 1.90 bits per heavy atom. The minimum atomic E-state index is -1.11. The summed E-state index contributed by atoms with van der Waals surface area (Å²) in [4.78, 5) is 36.1. The number of carbonyl (C=O) groups is 3. The van der Waals surface area contributed by atoms with Crippen LogP contribution in [0.3, 0.4) is 0 Å². The number of aliphatic carboxylic acids is 1. The van der Waals surface area contributed by atoms with Crippen LogP contribution in [-0.2, 0) is 14.3 Å². The van der Waals surface area contributed by atoms with Gasteiger partial charge in [-0.3, -0.25) is 9.59 Å². The first kappa shape index (κ1) is 18.9. The molecule has 2 amide bonds. The first-order valence-electron chi connectivity index (χ1n) is 6.72. The van der Waals surface area contributed by atoms with E-state index in [2.05, 4.69) is 16.6 Å². The fourth-order valence-corrected chi connectivity index (χ4v) is 1.84. The molecular weight excluding hydrogens is 276 g/mol. The molecule has 0 aromatic heterocycles. The van der Waals surface area contributed by atoms with Crippen molar-refractivity contribution in [2.75, 3.05) is 13.7 Å². The van der Waals surface area contributed by atoms with E-state index in [1.54, 1.807) is 26.8 Å². The number of hydrogen-bond acceptors (Lipinski definition) is 4. The Labute approximate surface area is 124 Å². The van der Waals surface area contributed by atoms with Gasteiger partial charge in [-0.25, -0.2) is 4.79 Å². The van der Waals surface area contributed by atoms with Gasteiger partial charge in [0.15, 0.2) is 0 Å². The normalized spacial score (nSPS) is 13.2. The second-order valence-electron chi connectivity index (χ2n) is 5.09. The zero-order chi connectivity index (χ0) is 16.6. The lowest BCUT2D eigenvalue weighted by Gasteiger charge is -2.32. The third-order valence-electron chi connectivity index (χ3n) is 3.02. The van der Waals surface area contributed by atoms with Crippen LogP contribution in [0.5, 0.6) is 0 Å². The fraction of sp³-hybridized carbons (Fsp3) is 0.643. The number of carboxylic acids is 1. The summed E-state index contributed by atoms with van der Waals surface area (Å²) in [6, 6.07) is -1.17. The van der Waals surface area contributed by atoms with Crippen LogP contribution in [0, 0.1) is 5.92 Å². The Morgan fingerprint density at radius 1 is 1.33 bits per heavy atom. The van der Waals surface area contributed by atoms with Crippen molar-refractivity contribution in [3.63, 3.8) is 0 Å². The molecule has 0 spiro atoms. The van der Waals surface area contributed by atoms with Gasteiger partial charge in [0, 0.05) is 6.04 Å². The maximum atomic E-state index is 12.5. The van der Waals surface area contributed by atoms with Crippen LogP contribution in [0.4, 0.5) is 4.79 Å². The zero-order valence-electron chi connectivity index (χ0n) is 13.0. The van der Waals surface area contributed by atoms with E-state index in [1.807, 2.05) is 0 Å². The molecule has 2 unspecified atom stereocenters. The van der Waals surface area contributed by atoms with Gasteiger partial charge < -0.3 is 20.1 Å². The molecule has 2 N–H and O–H groups in total. The molecule has 0 aromatic rings. The first-order valence-corrected chi connectivity index (χ1v) is 6.72. The summed E-state index contributed by atoms with van der Waals surface area (Å²) in [6.07, 6.45) is 1.35. The minimum Gasteiger partial charge on any atom is -0.480 e. The van der Waals surface area contributed by atoms with E-state index in [0.717, 1.165) is 0 Å². The van der Waals surface area contributed by atoms with E-state index in [9.17, 15) is 14.4 Å². The Kier molecular flexibility index (Phi) is 8.11. The highest BCUT2D eigenvalue weighted by molar-refractivity contribution is 5.88. The number of alkyl carbamates (subject to hydrolysis) is 1. The van der Waals surface area contributed by atoms with Crippen LogP contribution in [0.2, 0.25) is 0 Å². The van der Waals surface area contributed by atoms with Gasteiger partial charge in [-0.15, -0.1) is 6.58 Å². The van der Waals surface area contributed by atoms with Gasteiger partial charge in [0.2, 0.25) is 5.91 Å². The van der Waals surface area contributed by atoms with E-state index in [-0.39, 0.29) is 12.0 Å². The molecule has 0 aliphatic heterocycles. The van der Waals surface area contributed by atoms with E-state index in [1.165, 1.54) is 12.0 Å². The van der Waals surface area contributed by atoms with E-state index in [0.29, 0.717) is 6.42 Å². The molecule has 0 aliphatic rings. The Bertz CT molecular complexity index is 395. The quantitative estimate of drug-likeness (QED) is 0.658. The van der Waals surface area contributed by atoms with Crippen molar-refractivity contribution in [2.45, 2.75) is 39.3 Å². The maximum Gasteiger partial charge on any atom is 0.407 e. The molecule has 0 saturated carbocycles. The largest absolute Gasteiger partial charge is 0.480 e. The van der Waals surface area contributed by atoms with E-state index < -0.39 is 30.6 Å². The van der Waals surface area contributed by atoms with E-state index >= 15 is 0 Å². The van der Waals surface area contributed by atoms with Crippen LogP contribution in [0.25, 0.3) is 0 Å². The summed E-state index contributed by atoms with van der Waals surface area (Å²) >= 11 is 0. The predicted molar refractivity (Wildman–Crippen MR) is 77.8 cm³/mol. The van der Waals surface area contributed by atoms with Crippen molar-refractivity contribution in [3.05, 3.63) is 12.7 Å². The summed E-state index contributed by atoms with van der Waals surface area (Å²) < 4.78 is 4.50. The summed E-state index contributed by atoms with van der Waals surface area (Å²) in [7, 11) is 1.20. The molecular formula is C14H24N2O5. The molecule has 0 heterocycles. The van der Waals surface area contributed by atoms with Crippen molar-refractivity contribution in [3.8, 4) is 0 Å². The molecule has 7 heteroatoms. The van der Waals surface area contributed by atoms with Gasteiger partial charge in [0.1, 0.15) is 12.6 Å². The van der Waals surface area contributed by atoms with E-state index in [4.69, 9.17) is 5.11 Å². The van der Waals surface area contributed by atoms with Gasteiger partial charge >= 0.3 is 12.1 Å². The molecule has 21 heavy (non-hydrogen) atoms. The van der Waals surface area contributed by atoms with Crippen molar-refractivity contribution < 1.29 is 24.2 Å². The fourth-order valence-electron chi connectivity index (χ4n) is 1.84. The lowest BCUT2D eigenvalue weighted by molar-refractivity contribution is -0.147. The number of ether oxygens (including phenoxy) is 1. The Morgan fingerprint density at radius 3 is 2.29 bits per heavy atom. The zero-order valence-corrected chi connectivity index (χ0v) is 13.0. The van der Waals surface area contributed by atoms with Crippen LogP contribution < -0.4 is 5.32 Å². The highest BCUT2D eigenvalue weighted by Crippen LogP contribution is 2.12. The average molecular weight is 300 g/mol. The smallest absolute Gasteiger partial charge is 0.407 e. The lowest BCUT2D eigenvalue weighted by atomic mass is 10.0. The molecule has 120 valence electrons. The van der Waals surface area contributed by atoms with Gasteiger partial charge in [0.05, 0.1) is 7.11 Å². The standard InChI is InChI=1S/C14H24N2O5/c1-6-7-10(4)16(8-11(17)18)13(19)12(9(2)3)15-14(20)21-5/h6,9-10,12H,1,7-8H2,2-5H3,(H,15,20)(H,17,18). The molecule has 0 aliphatic carbocycles.